The number of hydrogen-bond acceptors (Lipinski definition) is 5. The quantitative estimate of drug-likeness (QED) is 0.840. The lowest BCUT2D eigenvalue weighted by Gasteiger charge is -2.17. The predicted octanol–water partition coefficient (Wildman–Crippen LogP) is 1.46. The largest absolute Gasteiger partial charge is 0.381 e. The molecule has 0 aromatic carbocycles. The molecule has 1 N–H and O–H groups in total. The Labute approximate surface area is 101 Å². The Hall–Kier alpha value is -0.940. The van der Waals surface area contributed by atoms with Gasteiger partial charge in [0.25, 0.3) is 0 Å². The van der Waals surface area contributed by atoms with E-state index in [9.17, 15) is 0 Å². The van der Waals surface area contributed by atoms with E-state index in [2.05, 4.69) is 22.4 Å². The van der Waals surface area contributed by atoms with E-state index in [1.807, 2.05) is 0 Å². The molecule has 0 radical (unpaired) electrons. The van der Waals surface area contributed by atoms with Gasteiger partial charge in [-0.3, -0.25) is 0 Å². The molecule has 2 atom stereocenters. The summed E-state index contributed by atoms with van der Waals surface area (Å²) in [5.41, 5.74) is 0. The molecule has 2 aliphatic rings. The zero-order valence-corrected chi connectivity index (χ0v) is 10.2. The van der Waals surface area contributed by atoms with Crippen LogP contribution in [0.2, 0.25) is 0 Å². The molecule has 0 amide bonds. The first-order valence-electron chi connectivity index (χ1n) is 6.46. The van der Waals surface area contributed by atoms with Crippen molar-refractivity contribution >= 4 is 0 Å². The fourth-order valence-corrected chi connectivity index (χ4v) is 2.20. The molecule has 1 saturated heterocycles. The fourth-order valence-electron chi connectivity index (χ4n) is 2.20. The molecule has 17 heavy (non-hydrogen) atoms. The molecular weight excluding hydrogens is 218 g/mol. The summed E-state index contributed by atoms with van der Waals surface area (Å²) < 4.78 is 10.6. The normalized spacial score (nSPS) is 26.3. The van der Waals surface area contributed by atoms with Crippen molar-refractivity contribution < 1.29 is 9.26 Å². The minimum Gasteiger partial charge on any atom is -0.381 e. The summed E-state index contributed by atoms with van der Waals surface area (Å²) >= 11 is 0. The highest BCUT2D eigenvalue weighted by Gasteiger charge is 2.29. The first-order chi connectivity index (χ1) is 8.33. The number of rotatable bonds is 5. The lowest BCUT2D eigenvalue weighted by Crippen LogP contribution is -2.33. The summed E-state index contributed by atoms with van der Waals surface area (Å²) in [6.07, 6.45) is 3.55. The molecule has 94 valence electrons. The smallest absolute Gasteiger partial charge is 0.229 e. The van der Waals surface area contributed by atoms with E-state index in [1.54, 1.807) is 0 Å². The van der Waals surface area contributed by atoms with Crippen molar-refractivity contribution in [1.82, 2.24) is 15.5 Å². The minimum absolute atomic E-state index is 0.445. The molecule has 5 nitrogen and oxygen atoms in total. The van der Waals surface area contributed by atoms with Crippen LogP contribution in [0, 0.1) is 5.92 Å². The summed E-state index contributed by atoms with van der Waals surface area (Å²) in [6, 6.07) is 0.445. The Morgan fingerprint density at radius 3 is 3.00 bits per heavy atom. The van der Waals surface area contributed by atoms with Gasteiger partial charge >= 0.3 is 0 Å². The maximum absolute atomic E-state index is 5.38. The first-order valence-corrected chi connectivity index (χ1v) is 6.46. The lowest BCUT2D eigenvalue weighted by molar-refractivity contribution is 0.178. The van der Waals surface area contributed by atoms with Gasteiger partial charge in [0.15, 0.2) is 5.82 Å². The Bertz CT molecular complexity index is 370. The van der Waals surface area contributed by atoms with Crippen molar-refractivity contribution in [3.63, 3.8) is 0 Å². The highest BCUT2D eigenvalue weighted by molar-refractivity contribution is 5.01. The predicted molar refractivity (Wildman–Crippen MR) is 61.5 cm³/mol. The highest BCUT2D eigenvalue weighted by Crippen LogP contribution is 2.38. The second kappa shape index (κ2) is 4.74. The lowest BCUT2D eigenvalue weighted by atomic mass is 10.0. The van der Waals surface area contributed by atoms with Gasteiger partial charge in [-0.05, 0) is 32.1 Å². The van der Waals surface area contributed by atoms with Crippen molar-refractivity contribution in [2.75, 3.05) is 13.2 Å². The summed E-state index contributed by atoms with van der Waals surface area (Å²) in [5.74, 6) is 2.75. The number of nitrogens with zero attached hydrogens (tertiary/aromatic N) is 2. The summed E-state index contributed by atoms with van der Waals surface area (Å²) in [6.45, 7) is 4.65. The maximum Gasteiger partial charge on any atom is 0.229 e. The standard InChI is InChI=1S/C12H19N3O2/c1-8(10-4-5-16-7-10)13-6-11-14-12(17-15-11)9-2-3-9/h8-10,13H,2-7H2,1H3. The van der Waals surface area contributed by atoms with Crippen LogP contribution in [-0.4, -0.2) is 29.4 Å². The van der Waals surface area contributed by atoms with E-state index in [1.165, 1.54) is 12.8 Å². The Morgan fingerprint density at radius 1 is 1.41 bits per heavy atom. The third-order valence-corrected chi connectivity index (χ3v) is 3.66. The van der Waals surface area contributed by atoms with E-state index < -0.39 is 0 Å². The third kappa shape index (κ3) is 2.66. The number of hydrogen-bond donors (Lipinski definition) is 1. The summed E-state index contributed by atoms with van der Waals surface area (Å²) in [7, 11) is 0. The second-order valence-electron chi connectivity index (χ2n) is 5.12. The maximum atomic E-state index is 5.38. The van der Waals surface area contributed by atoms with Crippen molar-refractivity contribution in [3.8, 4) is 0 Å². The molecule has 1 aromatic heterocycles. The Balaban J connectivity index is 1.48. The third-order valence-electron chi connectivity index (χ3n) is 3.66. The van der Waals surface area contributed by atoms with Crippen LogP contribution < -0.4 is 5.32 Å². The van der Waals surface area contributed by atoms with Crippen molar-refractivity contribution in [2.45, 2.75) is 44.7 Å². The van der Waals surface area contributed by atoms with Crippen LogP contribution >= 0.6 is 0 Å². The molecule has 2 unspecified atom stereocenters. The van der Waals surface area contributed by atoms with Crippen LogP contribution in [0.3, 0.4) is 0 Å². The number of aromatic nitrogens is 2. The molecule has 2 fully saturated rings. The highest BCUT2D eigenvalue weighted by atomic mass is 16.5. The molecule has 0 bridgehead atoms. The van der Waals surface area contributed by atoms with Crippen LogP contribution in [-0.2, 0) is 11.3 Å². The SMILES string of the molecule is CC(NCc1noc(C2CC2)n1)C1CCOC1. The van der Waals surface area contributed by atoms with Gasteiger partial charge in [0.1, 0.15) is 0 Å². The van der Waals surface area contributed by atoms with Gasteiger partial charge in [-0.25, -0.2) is 0 Å². The van der Waals surface area contributed by atoms with Gasteiger partial charge in [0.05, 0.1) is 13.2 Å². The molecule has 1 aliphatic carbocycles. The minimum atomic E-state index is 0.445. The van der Waals surface area contributed by atoms with E-state index in [0.717, 1.165) is 31.3 Å². The zero-order chi connectivity index (χ0) is 11.7. The van der Waals surface area contributed by atoms with Crippen LogP contribution in [0.15, 0.2) is 4.52 Å². The van der Waals surface area contributed by atoms with Crippen molar-refractivity contribution in [2.24, 2.45) is 5.92 Å². The molecule has 1 saturated carbocycles. The van der Waals surface area contributed by atoms with Crippen LogP contribution in [0.1, 0.15) is 43.8 Å². The van der Waals surface area contributed by atoms with Gasteiger partial charge in [0.2, 0.25) is 5.89 Å². The zero-order valence-electron chi connectivity index (χ0n) is 10.2. The fraction of sp³-hybridized carbons (Fsp3) is 0.833. The molecule has 3 rings (SSSR count). The van der Waals surface area contributed by atoms with Crippen molar-refractivity contribution in [1.29, 1.82) is 0 Å². The van der Waals surface area contributed by atoms with Crippen LogP contribution in [0.4, 0.5) is 0 Å². The van der Waals surface area contributed by atoms with Crippen LogP contribution in [0.25, 0.3) is 0 Å². The van der Waals surface area contributed by atoms with Gasteiger partial charge in [-0.1, -0.05) is 5.16 Å². The molecule has 1 aliphatic heterocycles. The molecule has 0 spiro atoms. The summed E-state index contributed by atoms with van der Waals surface area (Å²) in [4.78, 5) is 4.40. The second-order valence-corrected chi connectivity index (χ2v) is 5.12. The average molecular weight is 237 g/mol. The molecule has 1 aromatic rings. The van der Waals surface area contributed by atoms with Crippen LogP contribution in [0.5, 0.6) is 0 Å². The topological polar surface area (TPSA) is 60.2 Å². The Kier molecular flexibility index (Phi) is 3.11. The first kappa shape index (κ1) is 11.2. The monoisotopic (exact) mass is 237 g/mol. The Morgan fingerprint density at radius 2 is 2.29 bits per heavy atom. The molecule has 2 heterocycles. The molecular formula is C12H19N3O2. The average Bonchev–Trinajstić information content (AvgIpc) is 2.88. The van der Waals surface area contributed by atoms with Crippen molar-refractivity contribution in [3.05, 3.63) is 11.7 Å². The van der Waals surface area contributed by atoms with Gasteiger partial charge < -0.3 is 14.6 Å². The number of ether oxygens (including phenoxy) is 1. The molecule has 5 heteroatoms. The number of nitrogens with one attached hydrogen (secondary N) is 1. The van der Waals surface area contributed by atoms with Gasteiger partial charge in [-0.2, -0.15) is 4.98 Å². The van der Waals surface area contributed by atoms with E-state index in [0.29, 0.717) is 24.4 Å². The van der Waals surface area contributed by atoms with Gasteiger partial charge in [-0.15, -0.1) is 0 Å². The van der Waals surface area contributed by atoms with E-state index >= 15 is 0 Å². The summed E-state index contributed by atoms with van der Waals surface area (Å²) in [5, 5.41) is 7.44. The van der Waals surface area contributed by atoms with E-state index in [-0.39, 0.29) is 0 Å². The van der Waals surface area contributed by atoms with Gasteiger partial charge in [0, 0.05) is 18.6 Å². The van der Waals surface area contributed by atoms with E-state index in [4.69, 9.17) is 9.26 Å².